The molecule has 0 heterocycles. The molecule has 0 bridgehead atoms. The molecule has 0 aliphatic rings. The molecule has 1 atom stereocenters. The van der Waals surface area contributed by atoms with Gasteiger partial charge >= 0.3 is 0 Å². The van der Waals surface area contributed by atoms with Crippen molar-refractivity contribution in [1.82, 2.24) is 0 Å². The number of carbonyl (C=O) groups excluding carboxylic acids is 1. The number of carbonyl (C=O) groups is 1. The predicted molar refractivity (Wildman–Crippen MR) is 86.3 cm³/mol. The van der Waals surface area contributed by atoms with Crippen LogP contribution in [0.1, 0.15) is 27.0 Å². The second-order valence-corrected chi connectivity index (χ2v) is 5.65. The Kier molecular flexibility index (Phi) is 4.57. The van der Waals surface area contributed by atoms with Gasteiger partial charge in [-0.3, -0.25) is 4.79 Å². The van der Waals surface area contributed by atoms with Crippen LogP contribution in [0.3, 0.4) is 0 Å². The van der Waals surface area contributed by atoms with Crippen LogP contribution in [-0.2, 0) is 0 Å². The Morgan fingerprint density at radius 2 is 1.70 bits per heavy atom. The molecule has 0 N–H and O–H groups in total. The van der Waals surface area contributed by atoms with Crippen molar-refractivity contribution in [2.75, 3.05) is 6.61 Å². The first kappa shape index (κ1) is 14.7. The third kappa shape index (κ3) is 3.26. The van der Waals surface area contributed by atoms with Crippen LogP contribution in [0.25, 0.3) is 0 Å². The van der Waals surface area contributed by atoms with E-state index in [2.05, 4.69) is 9.24 Å². The van der Waals surface area contributed by atoms with E-state index in [9.17, 15) is 4.79 Å². The van der Waals surface area contributed by atoms with Crippen molar-refractivity contribution in [3.05, 3.63) is 58.7 Å². The van der Waals surface area contributed by atoms with Crippen molar-refractivity contribution >= 4 is 20.3 Å². The smallest absolute Gasteiger partial charge is 0.200 e. The van der Waals surface area contributed by atoms with E-state index in [0.717, 1.165) is 27.7 Å². The normalized spacial score (nSPS) is 10.4. The van der Waals surface area contributed by atoms with E-state index in [4.69, 9.17) is 4.74 Å². The predicted octanol–water partition coefficient (Wildman–Crippen LogP) is 3.37. The number of para-hydroxylation sites is 1. The first-order valence-electron chi connectivity index (χ1n) is 6.57. The molecule has 1 unspecified atom stereocenters. The minimum absolute atomic E-state index is 0.0215. The molecule has 0 saturated heterocycles. The summed E-state index contributed by atoms with van der Waals surface area (Å²) in [4.78, 5) is 12.4. The molecule has 2 aromatic carbocycles. The molecule has 0 amide bonds. The third-order valence-electron chi connectivity index (χ3n) is 3.23. The van der Waals surface area contributed by atoms with Crippen LogP contribution >= 0.6 is 9.24 Å². The van der Waals surface area contributed by atoms with Gasteiger partial charge in [0.15, 0.2) is 6.61 Å². The molecule has 0 aliphatic carbocycles. The van der Waals surface area contributed by atoms with E-state index in [0.29, 0.717) is 0 Å². The maximum Gasteiger partial charge on any atom is 0.200 e. The molecule has 0 radical (unpaired) electrons. The van der Waals surface area contributed by atoms with Crippen LogP contribution in [0.15, 0.2) is 36.4 Å². The van der Waals surface area contributed by atoms with Crippen LogP contribution in [0.2, 0.25) is 0 Å². The third-order valence-corrected chi connectivity index (χ3v) is 3.71. The van der Waals surface area contributed by atoms with Gasteiger partial charge in [0.2, 0.25) is 5.78 Å². The highest BCUT2D eigenvalue weighted by molar-refractivity contribution is 7.27. The average Bonchev–Trinajstić information content (AvgIpc) is 2.36. The molecule has 0 aliphatic heterocycles. The largest absolute Gasteiger partial charge is 0.485 e. The molecule has 2 nitrogen and oxygen atoms in total. The summed E-state index contributed by atoms with van der Waals surface area (Å²) in [6.45, 7) is 6.04. The first-order chi connectivity index (χ1) is 9.49. The van der Waals surface area contributed by atoms with Crippen LogP contribution in [0, 0.1) is 20.8 Å². The molecular weight excluding hydrogens is 267 g/mol. The van der Waals surface area contributed by atoms with Gasteiger partial charge in [0.25, 0.3) is 0 Å². The zero-order chi connectivity index (χ0) is 14.7. The molecular formula is C17H19O2P. The molecule has 0 spiro atoms. The van der Waals surface area contributed by atoms with E-state index in [-0.39, 0.29) is 12.4 Å². The number of rotatable bonds is 4. The number of ether oxygens (including phenoxy) is 1. The van der Waals surface area contributed by atoms with Crippen molar-refractivity contribution in [3.63, 3.8) is 0 Å². The monoisotopic (exact) mass is 286 g/mol. The molecule has 2 rings (SSSR count). The Morgan fingerprint density at radius 1 is 1.10 bits per heavy atom. The van der Waals surface area contributed by atoms with Gasteiger partial charge in [-0.15, -0.1) is 9.24 Å². The minimum Gasteiger partial charge on any atom is -0.485 e. The van der Waals surface area contributed by atoms with Crippen molar-refractivity contribution in [2.24, 2.45) is 0 Å². The highest BCUT2D eigenvalue weighted by Crippen LogP contribution is 2.18. The molecule has 0 saturated carbocycles. The van der Waals surface area contributed by atoms with E-state index in [1.807, 2.05) is 57.2 Å². The van der Waals surface area contributed by atoms with Crippen molar-refractivity contribution in [2.45, 2.75) is 20.8 Å². The summed E-state index contributed by atoms with van der Waals surface area (Å²) in [7, 11) is 2.61. The maximum atomic E-state index is 12.4. The van der Waals surface area contributed by atoms with E-state index in [1.165, 1.54) is 5.56 Å². The van der Waals surface area contributed by atoms with Crippen molar-refractivity contribution in [3.8, 4) is 5.75 Å². The summed E-state index contributed by atoms with van der Waals surface area (Å²) < 4.78 is 5.62. The summed E-state index contributed by atoms with van der Waals surface area (Å²) in [5.41, 5.74) is 3.97. The van der Waals surface area contributed by atoms with Gasteiger partial charge in [-0.05, 0) is 38.0 Å². The molecule has 104 valence electrons. The number of hydrogen-bond acceptors (Lipinski definition) is 2. The highest BCUT2D eigenvalue weighted by atomic mass is 31.0. The number of aryl methyl sites for hydroxylation is 3. The van der Waals surface area contributed by atoms with Crippen LogP contribution in [-0.4, -0.2) is 12.4 Å². The number of hydrogen-bond donors (Lipinski definition) is 0. The van der Waals surface area contributed by atoms with Gasteiger partial charge in [-0.25, -0.2) is 0 Å². The first-order valence-corrected chi connectivity index (χ1v) is 7.15. The van der Waals surface area contributed by atoms with Gasteiger partial charge < -0.3 is 4.74 Å². The highest BCUT2D eigenvalue weighted by Gasteiger charge is 2.13. The zero-order valence-corrected chi connectivity index (χ0v) is 13.2. The molecule has 2 aromatic rings. The van der Waals surface area contributed by atoms with Crippen LogP contribution in [0.5, 0.6) is 5.75 Å². The van der Waals surface area contributed by atoms with Gasteiger partial charge in [0, 0.05) is 10.9 Å². The SMILES string of the molecule is Cc1cc(C)c(C(=O)COc2ccccc2P)c(C)c1. The molecule has 3 heteroatoms. The lowest BCUT2D eigenvalue weighted by Gasteiger charge is -2.12. The Balaban J connectivity index is 2.16. The average molecular weight is 286 g/mol. The van der Waals surface area contributed by atoms with Crippen LogP contribution in [0.4, 0.5) is 0 Å². The lowest BCUT2D eigenvalue weighted by atomic mass is 9.97. The fourth-order valence-corrected chi connectivity index (χ4v) is 2.74. The number of ketones is 1. The Bertz CT molecular complexity index is 624. The Morgan fingerprint density at radius 3 is 2.30 bits per heavy atom. The molecule has 0 aromatic heterocycles. The lowest BCUT2D eigenvalue weighted by Crippen LogP contribution is -2.16. The van der Waals surface area contributed by atoms with Gasteiger partial charge in [-0.1, -0.05) is 35.9 Å². The van der Waals surface area contributed by atoms with Crippen LogP contribution < -0.4 is 10.0 Å². The Labute approximate surface area is 122 Å². The zero-order valence-electron chi connectivity index (χ0n) is 12.1. The topological polar surface area (TPSA) is 26.3 Å². The summed E-state index contributed by atoms with van der Waals surface area (Å²) in [6, 6.07) is 11.7. The second-order valence-electron chi connectivity index (χ2n) is 5.02. The van der Waals surface area contributed by atoms with Gasteiger partial charge in [0.1, 0.15) is 5.75 Å². The quantitative estimate of drug-likeness (QED) is 0.636. The molecule has 20 heavy (non-hydrogen) atoms. The standard InChI is InChI=1S/C17H19O2P/c1-11-8-12(2)17(13(3)9-11)14(18)10-19-15-6-4-5-7-16(15)20/h4-9H,10,20H2,1-3H3. The van der Waals surface area contributed by atoms with E-state index in [1.54, 1.807) is 0 Å². The van der Waals surface area contributed by atoms with Crippen molar-refractivity contribution in [1.29, 1.82) is 0 Å². The summed E-state index contributed by atoms with van der Waals surface area (Å²) in [6.07, 6.45) is 0. The van der Waals surface area contributed by atoms with Gasteiger partial charge in [-0.2, -0.15) is 0 Å². The number of benzene rings is 2. The number of Topliss-reactive ketones (excluding diaryl/α,β-unsaturated/α-hetero) is 1. The van der Waals surface area contributed by atoms with E-state index < -0.39 is 0 Å². The second kappa shape index (κ2) is 6.19. The lowest BCUT2D eigenvalue weighted by molar-refractivity contribution is 0.0921. The molecule has 0 fully saturated rings. The van der Waals surface area contributed by atoms with Gasteiger partial charge in [0.05, 0.1) is 0 Å². The fraction of sp³-hybridized carbons (Fsp3) is 0.235. The minimum atomic E-state index is 0.0215. The Hall–Kier alpha value is -1.66. The summed E-state index contributed by atoms with van der Waals surface area (Å²) >= 11 is 0. The summed E-state index contributed by atoms with van der Waals surface area (Å²) in [5, 5.41) is 0.956. The maximum absolute atomic E-state index is 12.4. The fourth-order valence-electron chi connectivity index (χ4n) is 2.45. The van der Waals surface area contributed by atoms with E-state index >= 15 is 0 Å². The summed E-state index contributed by atoms with van der Waals surface area (Å²) in [5.74, 6) is 0.751. The van der Waals surface area contributed by atoms with Crippen molar-refractivity contribution < 1.29 is 9.53 Å².